The number of rotatable bonds is 4. The van der Waals surface area contributed by atoms with Crippen molar-refractivity contribution in [3.05, 3.63) is 17.0 Å². The lowest BCUT2D eigenvalue weighted by Crippen LogP contribution is -2.28. The van der Waals surface area contributed by atoms with Gasteiger partial charge in [0, 0.05) is 11.3 Å². The van der Waals surface area contributed by atoms with E-state index in [1.54, 1.807) is 9.77 Å². The minimum absolute atomic E-state index is 0.606. The zero-order valence-corrected chi connectivity index (χ0v) is 14.4. The summed E-state index contributed by atoms with van der Waals surface area (Å²) in [5, 5.41) is 6.86. The van der Waals surface area contributed by atoms with Crippen LogP contribution in [0.2, 0.25) is 0 Å². The van der Waals surface area contributed by atoms with Crippen LogP contribution in [0, 0.1) is 11.8 Å². The predicted octanol–water partition coefficient (Wildman–Crippen LogP) is 5.48. The van der Waals surface area contributed by atoms with Crippen molar-refractivity contribution in [2.24, 2.45) is 11.8 Å². The summed E-state index contributed by atoms with van der Waals surface area (Å²) in [5.41, 5.74) is 1.57. The zero-order valence-electron chi connectivity index (χ0n) is 12.7. The number of nitrogens with one attached hydrogen (secondary N) is 1. The molecule has 2 heterocycles. The molecule has 0 bridgehead atoms. The Hall–Kier alpha value is 0.0100. The second-order valence-corrected chi connectivity index (χ2v) is 9.37. The Balaban J connectivity index is 1.47. The second kappa shape index (κ2) is 6.85. The van der Waals surface area contributed by atoms with E-state index in [-0.39, 0.29) is 0 Å². The number of hydrogen-bond acceptors (Lipinski definition) is 3. The minimum atomic E-state index is 0.606. The first kappa shape index (κ1) is 14.9. The Morgan fingerprint density at radius 2 is 2.00 bits per heavy atom. The van der Waals surface area contributed by atoms with E-state index in [1.165, 1.54) is 45.1 Å². The van der Waals surface area contributed by atoms with Crippen LogP contribution in [0.4, 0.5) is 0 Å². The average Bonchev–Trinajstić information content (AvgIpc) is 2.89. The van der Waals surface area contributed by atoms with Crippen LogP contribution in [0.15, 0.2) is 15.7 Å². The maximum absolute atomic E-state index is 3.85. The van der Waals surface area contributed by atoms with Crippen molar-refractivity contribution in [1.82, 2.24) is 5.32 Å². The van der Waals surface area contributed by atoms with Gasteiger partial charge in [-0.05, 0) is 48.2 Å². The molecular formula is C17H27NS2. The highest BCUT2D eigenvalue weighted by Crippen LogP contribution is 2.43. The van der Waals surface area contributed by atoms with Crippen molar-refractivity contribution in [3.63, 3.8) is 0 Å². The number of thiophene rings is 1. The molecule has 3 heteroatoms. The van der Waals surface area contributed by atoms with Crippen LogP contribution in [-0.2, 0) is 0 Å². The van der Waals surface area contributed by atoms with E-state index in [9.17, 15) is 0 Å². The fourth-order valence-corrected chi connectivity index (χ4v) is 6.19. The lowest BCUT2D eigenvalue weighted by Gasteiger charge is -2.30. The molecule has 1 aromatic heterocycles. The van der Waals surface area contributed by atoms with E-state index in [0.29, 0.717) is 6.04 Å². The smallest absolute Gasteiger partial charge is 0.0649 e. The highest BCUT2D eigenvalue weighted by atomic mass is 32.2. The lowest BCUT2D eigenvalue weighted by molar-refractivity contribution is 0.271. The van der Waals surface area contributed by atoms with Gasteiger partial charge in [0.15, 0.2) is 0 Å². The van der Waals surface area contributed by atoms with Gasteiger partial charge in [-0.1, -0.05) is 39.5 Å². The van der Waals surface area contributed by atoms with E-state index >= 15 is 0 Å². The van der Waals surface area contributed by atoms with Gasteiger partial charge in [-0.15, -0.1) is 23.1 Å². The highest BCUT2D eigenvalue weighted by Gasteiger charge is 2.26. The fraction of sp³-hybridized carbons (Fsp3) is 0.765. The van der Waals surface area contributed by atoms with Gasteiger partial charge in [0.2, 0.25) is 0 Å². The van der Waals surface area contributed by atoms with Crippen LogP contribution in [-0.4, -0.2) is 11.8 Å². The number of thioether (sulfide) groups is 1. The molecule has 1 aliphatic heterocycles. The van der Waals surface area contributed by atoms with Crippen molar-refractivity contribution in [2.75, 3.05) is 6.54 Å². The molecule has 1 fully saturated rings. The quantitative estimate of drug-likeness (QED) is 0.790. The van der Waals surface area contributed by atoms with Gasteiger partial charge in [-0.3, -0.25) is 0 Å². The zero-order chi connectivity index (χ0) is 13.9. The molecule has 0 radical (unpaired) electrons. The van der Waals surface area contributed by atoms with E-state index in [0.717, 1.165) is 17.1 Å². The summed E-state index contributed by atoms with van der Waals surface area (Å²) >= 11 is 3.98. The standard InChI is InChI=1S/C17H27NS2/c1-12-3-5-14(6-4-12)7-9-18-16-11-13(2)20-17-15(16)8-10-19-17/h8,10,12-14,16,18H,3-7,9,11H2,1-2H3/t12?,13-,14?,16?/m0/s1. The van der Waals surface area contributed by atoms with E-state index in [4.69, 9.17) is 0 Å². The first-order valence-electron chi connectivity index (χ1n) is 8.20. The van der Waals surface area contributed by atoms with Crippen LogP contribution in [0.25, 0.3) is 0 Å². The normalized spacial score (nSPS) is 33.9. The van der Waals surface area contributed by atoms with Gasteiger partial charge >= 0.3 is 0 Å². The van der Waals surface area contributed by atoms with Crippen molar-refractivity contribution >= 4 is 23.1 Å². The summed E-state index contributed by atoms with van der Waals surface area (Å²) in [5.74, 6) is 1.96. The molecular weight excluding hydrogens is 282 g/mol. The lowest BCUT2D eigenvalue weighted by atomic mass is 9.81. The summed E-state index contributed by atoms with van der Waals surface area (Å²) < 4.78 is 1.55. The van der Waals surface area contributed by atoms with Crippen LogP contribution < -0.4 is 5.32 Å². The molecule has 1 aromatic rings. The number of fused-ring (bicyclic) bond motifs is 1. The van der Waals surface area contributed by atoms with Gasteiger partial charge in [0.05, 0.1) is 4.21 Å². The first-order valence-corrected chi connectivity index (χ1v) is 9.95. The van der Waals surface area contributed by atoms with Crippen LogP contribution in [0.3, 0.4) is 0 Å². The van der Waals surface area contributed by atoms with Gasteiger partial charge in [0.1, 0.15) is 0 Å². The summed E-state index contributed by atoms with van der Waals surface area (Å²) in [6, 6.07) is 2.94. The fourth-order valence-electron chi connectivity index (χ4n) is 3.62. The van der Waals surface area contributed by atoms with Gasteiger partial charge in [0.25, 0.3) is 0 Å². The molecule has 1 N–H and O–H groups in total. The van der Waals surface area contributed by atoms with E-state index in [2.05, 4.69) is 42.4 Å². The molecule has 1 nitrogen and oxygen atoms in total. The molecule has 1 saturated carbocycles. The SMILES string of the molecule is CC1CCC(CCNC2C[C@H](C)Sc3sccc32)CC1. The Kier molecular flexibility index (Phi) is 5.11. The van der Waals surface area contributed by atoms with Gasteiger partial charge in [-0.2, -0.15) is 0 Å². The molecule has 2 aliphatic rings. The van der Waals surface area contributed by atoms with Crippen LogP contribution in [0.1, 0.15) is 64.0 Å². The average molecular weight is 310 g/mol. The van der Waals surface area contributed by atoms with Crippen molar-refractivity contribution in [1.29, 1.82) is 0 Å². The molecule has 20 heavy (non-hydrogen) atoms. The molecule has 0 aromatic carbocycles. The summed E-state index contributed by atoms with van der Waals surface area (Å²) in [4.78, 5) is 0. The maximum Gasteiger partial charge on any atom is 0.0649 e. The second-order valence-electron chi connectivity index (χ2n) is 6.75. The third kappa shape index (κ3) is 3.61. The Labute approximate surface area is 131 Å². The largest absolute Gasteiger partial charge is 0.310 e. The first-order chi connectivity index (χ1) is 9.72. The highest BCUT2D eigenvalue weighted by molar-refractivity contribution is 8.01. The molecule has 0 amide bonds. The summed E-state index contributed by atoms with van der Waals surface area (Å²) in [7, 11) is 0. The van der Waals surface area contributed by atoms with Gasteiger partial charge < -0.3 is 5.32 Å². The van der Waals surface area contributed by atoms with E-state index in [1.807, 2.05) is 11.3 Å². The Morgan fingerprint density at radius 3 is 2.80 bits per heavy atom. The topological polar surface area (TPSA) is 12.0 Å². The number of hydrogen-bond donors (Lipinski definition) is 1. The molecule has 2 atom stereocenters. The molecule has 1 unspecified atom stereocenters. The minimum Gasteiger partial charge on any atom is -0.310 e. The Morgan fingerprint density at radius 1 is 1.20 bits per heavy atom. The molecule has 1 aliphatic carbocycles. The molecule has 0 saturated heterocycles. The molecule has 3 rings (SSSR count). The van der Waals surface area contributed by atoms with Crippen molar-refractivity contribution in [2.45, 2.75) is 67.9 Å². The Bertz CT molecular complexity index is 420. The van der Waals surface area contributed by atoms with Gasteiger partial charge in [-0.25, -0.2) is 0 Å². The predicted molar refractivity (Wildman–Crippen MR) is 90.7 cm³/mol. The third-order valence-corrected chi connectivity index (χ3v) is 7.33. The van der Waals surface area contributed by atoms with Crippen LogP contribution >= 0.6 is 23.1 Å². The maximum atomic E-state index is 3.85. The van der Waals surface area contributed by atoms with Crippen LogP contribution in [0.5, 0.6) is 0 Å². The summed E-state index contributed by atoms with van der Waals surface area (Å²) in [6.45, 7) is 5.98. The molecule has 112 valence electrons. The third-order valence-electron chi connectivity index (χ3n) is 4.99. The van der Waals surface area contributed by atoms with Crippen molar-refractivity contribution < 1.29 is 0 Å². The van der Waals surface area contributed by atoms with E-state index < -0.39 is 0 Å². The summed E-state index contributed by atoms with van der Waals surface area (Å²) in [6.07, 6.45) is 8.50. The monoisotopic (exact) mass is 309 g/mol. The molecule has 0 spiro atoms. The van der Waals surface area contributed by atoms with Crippen molar-refractivity contribution in [3.8, 4) is 0 Å².